The summed E-state index contributed by atoms with van der Waals surface area (Å²) in [5.74, 6) is -0.181. The molecule has 0 fully saturated rings. The highest BCUT2D eigenvalue weighted by Crippen LogP contribution is 2.18. The lowest BCUT2D eigenvalue weighted by atomic mass is 9.98. The van der Waals surface area contributed by atoms with Crippen LogP contribution in [0.5, 0.6) is 5.75 Å². The van der Waals surface area contributed by atoms with Gasteiger partial charge in [-0.3, -0.25) is 4.79 Å². The molecule has 0 aliphatic rings. The fraction of sp³-hybridized carbons (Fsp3) is 0.533. The van der Waals surface area contributed by atoms with Crippen LogP contribution in [0.4, 0.5) is 4.39 Å². The number of benzene rings is 1. The number of carbonyl (C=O) groups excluding carboxylic acids is 1. The quantitative estimate of drug-likeness (QED) is 0.781. The van der Waals surface area contributed by atoms with Crippen LogP contribution in [0.2, 0.25) is 0 Å². The smallest absolute Gasteiger partial charge is 0.325 e. The van der Waals surface area contributed by atoms with Crippen molar-refractivity contribution in [2.24, 2.45) is 0 Å². The number of ether oxygens (including phenoxy) is 2. The van der Waals surface area contributed by atoms with Gasteiger partial charge in [-0.15, -0.1) is 0 Å². The number of esters is 1. The maximum absolute atomic E-state index is 13.4. The summed E-state index contributed by atoms with van der Waals surface area (Å²) in [6, 6.07) is 4.72. The second kappa shape index (κ2) is 7.24. The van der Waals surface area contributed by atoms with Crippen molar-refractivity contribution in [3.63, 3.8) is 0 Å². The van der Waals surface area contributed by atoms with Gasteiger partial charge in [0.25, 0.3) is 0 Å². The van der Waals surface area contributed by atoms with Gasteiger partial charge in [-0.1, -0.05) is 13.0 Å². The van der Waals surface area contributed by atoms with E-state index in [1.807, 2.05) is 6.92 Å². The Morgan fingerprint density at radius 1 is 1.45 bits per heavy atom. The molecular formula is C15H22FNO3. The Labute approximate surface area is 119 Å². The molecule has 4 nitrogen and oxygen atoms in total. The minimum Gasteiger partial charge on any atom is -0.493 e. The molecule has 1 aromatic rings. The zero-order valence-electron chi connectivity index (χ0n) is 12.5. The van der Waals surface area contributed by atoms with Gasteiger partial charge in [0.05, 0.1) is 13.7 Å². The molecule has 0 bridgehead atoms. The molecular weight excluding hydrogens is 261 g/mol. The molecule has 0 amide bonds. The van der Waals surface area contributed by atoms with Crippen LogP contribution in [-0.2, 0) is 9.53 Å². The average molecular weight is 283 g/mol. The van der Waals surface area contributed by atoms with Gasteiger partial charge in [0.1, 0.15) is 17.1 Å². The number of hydrogen-bond donors (Lipinski definition) is 1. The predicted molar refractivity (Wildman–Crippen MR) is 75.3 cm³/mol. The largest absolute Gasteiger partial charge is 0.493 e. The molecule has 0 spiro atoms. The molecule has 0 radical (unpaired) electrons. The summed E-state index contributed by atoms with van der Waals surface area (Å²) in [6.45, 7) is 6.31. The zero-order chi connectivity index (χ0) is 15.2. The molecule has 5 heteroatoms. The van der Waals surface area contributed by atoms with Crippen molar-refractivity contribution in [1.82, 2.24) is 5.32 Å². The number of hydrogen-bond acceptors (Lipinski definition) is 4. The monoisotopic (exact) mass is 283 g/mol. The number of carbonyl (C=O) groups is 1. The number of nitrogens with one attached hydrogen (secondary N) is 1. The van der Waals surface area contributed by atoms with Crippen LogP contribution < -0.4 is 10.1 Å². The van der Waals surface area contributed by atoms with Gasteiger partial charge in [0.2, 0.25) is 0 Å². The molecule has 112 valence electrons. The lowest BCUT2D eigenvalue weighted by Crippen LogP contribution is -2.51. The van der Waals surface area contributed by atoms with Crippen molar-refractivity contribution in [2.45, 2.75) is 32.7 Å². The minimum absolute atomic E-state index is 0.293. The maximum Gasteiger partial charge on any atom is 0.325 e. The van der Waals surface area contributed by atoms with Crippen LogP contribution in [0.3, 0.4) is 0 Å². The van der Waals surface area contributed by atoms with Crippen molar-refractivity contribution < 1.29 is 18.7 Å². The number of rotatable bonds is 7. The summed E-state index contributed by atoms with van der Waals surface area (Å²) < 4.78 is 23.7. The molecule has 0 saturated carbocycles. The van der Waals surface area contributed by atoms with Crippen molar-refractivity contribution >= 4 is 5.97 Å². The first-order chi connectivity index (χ1) is 9.42. The van der Waals surface area contributed by atoms with E-state index in [1.54, 1.807) is 26.0 Å². The Hall–Kier alpha value is -1.62. The third kappa shape index (κ3) is 4.20. The second-order valence-corrected chi connectivity index (χ2v) is 4.86. The first kappa shape index (κ1) is 16.4. The van der Waals surface area contributed by atoms with Crippen molar-refractivity contribution in [2.75, 3.05) is 20.3 Å². The summed E-state index contributed by atoms with van der Waals surface area (Å²) >= 11 is 0. The molecule has 0 saturated heterocycles. The third-order valence-corrected chi connectivity index (χ3v) is 3.22. The standard InChI is InChI=1S/C15H22FNO3/c1-5-17-15(3,14(18)19-4)8-9-20-12-7-6-11(2)13(16)10-12/h6-7,10,17H,5,8-9H2,1-4H3. The molecule has 1 unspecified atom stereocenters. The summed E-state index contributed by atoms with van der Waals surface area (Å²) in [4.78, 5) is 11.8. The maximum atomic E-state index is 13.4. The van der Waals surface area contributed by atoms with Gasteiger partial charge in [-0.2, -0.15) is 0 Å². The first-order valence-electron chi connectivity index (χ1n) is 6.65. The summed E-state index contributed by atoms with van der Waals surface area (Å²) in [6.07, 6.45) is 0.434. The van der Waals surface area contributed by atoms with Gasteiger partial charge in [0, 0.05) is 12.5 Å². The van der Waals surface area contributed by atoms with Gasteiger partial charge >= 0.3 is 5.97 Å². The van der Waals surface area contributed by atoms with Gasteiger partial charge in [-0.05, 0) is 32.0 Å². The van der Waals surface area contributed by atoms with Crippen LogP contribution >= 0.6 is 0 Å². The van der Waals surface area contributed by atoms with E-state index in [2.05, 4.69) is 5.32 Å². The van der Waals surface area contributed by atoms with E-state index in [1.165, 1.54) is 13.2 Å². The SMILES string of the molecule is CCNC(C)(CCOc1ccc(C)c(F)c1)C(=O)OC. The lowest BCUT2D eigenvalue weighted by molar-refractivity contribution is -0.148. The highest BCUT2D eigenvalue weighted by Gasteiger charge is 2.33. The van der Waals surface area contributed by atoms with Gasteiger partial charge < -0.3 is 14.8 Å². The van der Waals surface area contributed by atoms with E-state index in [0.717, 1.165) is 0 Å². The summed E-state index contributed by atoms with van der Waals surface area (Å²) in [5, 5.41) is 3.09. The van der Waals surface area contributed by atoms with Crippen LogP contribution in [0.1, 0.15) is 25.8 Å². The number of aryl methyl sites for hydroxylation is 1. The van der Waals surface area contributed by atoms with Crippen LogP contribution in [-0.4, -0.2) is 31.8 Å². The van der Waals surface area contributed by atoms with E-state index in [-0.39, 0.29) is 11.8 Å². The van der Waals surface area contributed by atoms with Crippen LogP contribution in [0.25, 0.3) is 0 Å². The van der Waals surface area contributed by atoms with E-state index in [9.17, 15) is 9.18 Å². The Balaban J connectivity index is 2.60. The lowest BCUT2D eigenvalue weighted by Gasteiger charge is -2.27. The number of halogens is 1. The average Bonchev–Trinajstić information content (AvgIpc) is 2.42. The molecule has 20 heavy (non-hydrogen) atoms. The zero-order valence-corrected chi connectivity index (χ0v) is 12.5. The van der Waals surface area contributed by atoms with Gasteiger partial charge in [-0.25, -0.2) is 4.39 Å². The Morgan fingerprint density at radius 2 is 2.15 bits per heavy atom. The third-order valence-electron chi connectivity index (χ3n) is 3.22. The molecule has 1 rings (SSSR count). The van der Waals surface area contributed by atoms with Crippen molar-refractivity contribution in [1.29, 1.82) is 0 Å². The van der Waals surface area contributed by atoms with Gasteiger partial charge in [0.15, 0.2) is 0 Å². The fourth-order valence-electron chi connectivity index (χ4n) is 1.91. The Morgan fingerprint density at radius 3 is 2.70 bits per heavy atom. The predicted octanol–water partition coefficient (Wildman–Crippen LogP) is 2.44. The Bertz CT molecular complexity index is 464. The molecule has 0 aliphatic carbocycles. The highest BCUT2D eigenvalue weighted by atomic mass is 19.1. The second-order valence-electron chi connectivity index (χ2n) is 4.86. The normalized spacial score (nSPS) is 13.7. The Kier molecular flexibility index (Phi) is 5.95. The molecule has 1 atom stereocenters. The van der Waals surface area contributed by atoms with Crippen molar-refractivity contribution in [3.05, 3.63) is 29.6 Å². The van der Waals surface area contributed by atoms with E-state index < -0.39 is 5.54 Å². The summed E-state index contributed by atoms with van der Waals surface area (Å²) in [7, 11) is 1.36. The molecule has 1 N–H and O–H groups in total. The van der Waals surface area contributed by atoms with Crippen LogP contribution in [0.15, 0.2) is 18.2 Å². The first-order valence-corrected chi connectivity index (χ1v) is 6.65. The summed E-state index contributed by atoms with van der Waals surface area (Å²) in [5.41, 5.74) is -0.225. The number of methoxy groups -OCH3 is 1. The van der Waals surface area contributed by atoms with Crippen LogP contribution in [0, 0.1) is 12.7 Å². The highest BCUT2D eigenvalue weighted by molar-refractivity contribution is 5.80. The van der Waals surface area contributed by atoms with E-state index in [4.69, 9.17) is 9.47 Å². The molecule has 0 heterocycles. The fourth-order valence-corrected chi connectivity index (χ4v) is 1.91. The molecule has 0 aliphatic heterocycles. The molecule has 0 aromatic heterocycles. The number of likely N-dealkylation sites (N-methyl/N-ethyl adjacent to an activating group) is 1. The molecule has 1 aromatic carbocycles. The van der Waals surface area contributed by atoms with E-state index in [0.29, 0.717) is 30.9 Å². The van der Waals surface area contributed by atoms with Crippen molar-refractivity contribution in [3.8, 4) is 5.75 Å². The van der Waals surface area contributed by atoms with E-state index >= 15 is 0 Å². The topological polar surface area (TPSA) is 47.6 Å². The minimum atomic E-state index is -0.799.